The molecule has 2 aromatic heterocycles. The van der Waals surface area contributed by atoms with Crippen molar-refractivity contribution in [1.29, 1.82) is 0 Å². The van der Waals surface area contributed by atoms with Crippen molar-refractivity contribution >= 4 is 121 Å². The molecule has 11 aromatic carbocycles. The molecule has 4 heteroatoms. The van der Waals surface area contributed by atoms with E-state index in [0.717, 1.165) is 99.5 Å². The van der Waals surface area contributed by atoms with Crippen LogP contribution >= 0.6 is 0 Å². The van der Waals surface area contributed by atoms with Crippen LogP contribution in [0, 0.1) is 0 Å². The Hall–Kier alpha value is -8.34. The first-order valence-corrected chi connectivity index (χ1v) is 21.1. The highest BCUT2D eigenvalue weighted by molar-refractivity contribution is 6.30. The summed E-state index contributed by atoms with van der Waals surface area (Å²) < 4.78 is 13.6. The molecule has 0 radical (unpaired) electrons. The Morgan fingerprint density at radius 1 is 0.258 bits per heavy atom. The first kappa shape index (κ1) is 34.5. The van der Waals surface area contributed by atoms with Crippen molar-refractivity contribution in [1.82, 2.24) is 0 Å². The smallest absolute Gasteiger partial charge is 0.143 e. The topological polar surface area (TPSA) is 32.8 Å². The molecule has 62 heavy (non-hydrogen) atoms. The molecule has 0 N–H and O–H groups in total. The highest BCUT2D eigenvalue weighted by Gasteiger charge is 2.22. The van der Waals surface area contributed by atoms with Gasteiger partial charge in [0, 0.05) is 65.8 Å². The zero-order chi connectivity index (χ0) is 40.7. The van der Waals surface area contributed by atoms with Crippen molar-refractivity contribution in [2.45, 2.75) is 0 Å². The van der Waals surface area contributed by atoms with E-state index in [9.17, 15) is 0 Å². The summed E-state index contributed by atoms with van der Waals surface area (Å²) in [6.45, 7) is 0. The van der Waals surface area contributed by atoms with E-state index in [-0.39, 0.29) is 0 Å². The van der Waals surface area contributed by atoms with Crippen molar-refractivity contribution < 1.29 is 8.83 Å². The molecule has 13 aromatic rings. The summed E-state index contributed by atoms with van der Waals surface area (Å²) in [5.41, 5.74) is 10.1. The fraction of sp³-hybridized carbons (Fsp3) is 0. The minimum atomic E-state index is 0.845. The van der Waals surface area contributed by atoms with Crippen molar-refractivity contribution in [2.24, 2.45) is 0 Å². The Balaban J connectivity index is 0.954. The number of furan rings is 2. The van der Waals surface area contributed by atoms with Crippen molar-refractivity contribution in [2.75, 3.05) is 9.80 Å². The maximum Gasteiger partial charge on any atom is 0.143 e. The standard InChI is InChI=1S/C58H36N2O2/c1-3-17-41(18-4-1)59(51-23-11-15-37-13-7-9-21-45(37)51)43-27-31-47-39(35-43)25-29-49-55-53(61-57(47)49)33-34-54-56(55)50-30-26-40-36-44(28-32-48(40)58(50)62-54)60(42-19-5-2-6-20-42)52-24-12-16-38-14-8-10-22-46(38)52/h1-36H. The van der Waals surface area contributed by atoms with E-state index < -0.39 is 0 Å². The van der Waals surface area contributed by atoms with Gasteiger partial charge >= 0.3 is 0 Å². The van der Waals surface area contributed by atoms with Crippen LogP contribution in [0.3, 0.4) is 0 Å². The quantitative estimate of drug-likeness (QED) is 0.168. The summed E-state index contributed by atoms with van der Waals surface area (Å²) in [5.74, 6) is 0. The third kappa shape index (κ3) is 5.27. The third-order valence-electron chi connectivity index (χ3n) is 12.6. The van der Waals surface area contributed by atoms with Gasteiger partial charge in [0.25, 0.3) is 0 Å². The first-order valence-electron chi connectivity index (χ1n) is 21.1. The summed E-state index contributed by atoms with van der Waals surface area (Å²) in [6, 6.07) is 77.8. The van der Waals surface area contributed by atoms with Crippen LogP contribution in [0.5, 0.6) is 0 Å². The molecule has 0 saturated heterocycles. The second-order valence-electron chi connectivity index (χ2n) is 16.0. The molecule has 0 unspecified atom stereocenters. The van der Waals surface area contributed by atoms with Crippen molar-refractivity contribution in [3.8, 4) is 0 Å². The van der Waals surface area contributed by atoms with E-state index in [4.69, 9.17) is 8.83 Å². The molecular formula is C58H36N2O2. The van der Waals surface area contributed by atoms with Gasteiger partial charge < -0.3 is 18.6 Å². The molecule has 0 fully saturated rings. The molecular weight excluding hydrogens is 757 g/mol. The van der Waals surface area contributed by atoms with Gasteiger partial charge in [-0.2, -0.15) is 0 Å². The van der Waals surface area contributed by atoms with E-state index in [1.807, 2.05) is 0 Å². The highest BCUT2D eigenvalue weighted by Crippen LogP contribution is 2.46. The summed E-state index contributed by atoms with van der Waals surface area (Å²) in [4.78, 5) is 4.70. The van der Waals surface area contributed by atoms with Gasteiger partial charge in [-0.15, -0.1) is 0 Å². The van der Waals surface area contributed by atoms with Gasteiger partial charge in [0.2, 0.25) is 0 Å². The second kappa shape index (κ2) is 13.6. The Labute approximate surface area is 356 Å². The minimum absolute atomic E-state index is 0.845. The lowest BCUT2D eigenvalue weighted by atomic mass is 10.00. The van der Waals surface area contributed by atoms with Crippen LogP contribution < -0.4 is 9.80 Å². The second-order valence-corrected chi connectivity index (χ2v) is 16.0. The number of nitrogens with zero attached hydrogens (tertiary/aromatic N) is 2. The maximum absolute atomic E-state index is 6.80. The van der Waals surface area contributed by atoms with Gasteiger partial charge in [0.15, 0.2) is 0 Å². The summed E-state index contributed by atoms with van der Waals surface area (Å²) in [6.07, 6.45) is 0. The van der Waals surface area contributed by atoms with Crippen LogP contribution in [-0.4, -0.2) is 0 Å². The van der Waals surface area contributed by atoms with Gasteiger partial charge in [0.1, 0.15) is 22.3 Å². The molecule has 0 saturated carbocycles. The van der Waals surface area contributed by atoms with Gasteiger partial charge in [0.05, 0.1) is 11.4 Å². The predicted molar refractivity (Wildman–Crippen MR) is 260 cm³/mol. The van der Waals surface area contributed by atoms with Gasteiger partial charge in [-0.05, 0) is 119 Å². The van der Waals surface area contributed by atoms with Gasteiger partial charge in [-0.1, -0.05) is 121 Å². The summed E-state index contributed by atoms with van der Waals surface area (Å²) in [5, 5.41) is 13.5. The number of fused-ring (bicyclic) bond motifs is 13. The van der Waals surface area contributed by atoms with Gasteiger partial charge in [-0.3, -0.25) is 0 Å². The molecule has 0 aliphatic carbocycles. The maximum atomic E-state index is 6.80. The normalized spacial score (nSPS) is 11.9. The summed E-state index contributed by atoms with van der Waals surface area (Å²) >= 11 is 0. The number of anilines is 6. The van der Waals surface area contributed by atoms with E-state index in [1.54, 1.807) is 0 Å². The largest absolute Gasteiger partial charge is 0.455 e. The van der Waals surface area contributed by atoms with E-state index in [0.29, 0.717) is 0 Å². The third-order valence-corrected chi connectivity index (χ3v) is 12.6. The average molecular weight is 793 g/mol. The molecule has 0 bridgehead atoms. The van der Waals surface area contributed by atoms with Crippen molar-refractivity contribution in [3.63, 3.8) is 0 Å². The average Bonchev–Trinajstić information content (AvgIpc) is 3.91. The molecule has 0 atom stereocenters. The highest BCUT2D eigenvalue weighted by atomic mass is 16.3. The zero-order valence-corrected chi connectivity index (χ0v) is 33.5. The van der Waals surface area contributed by atoms with E-state index in [1.165, 1.54) is 21.5 Å². The zero-order valence-electron chi connectivity index (χ0n) is 33.5. The lowest BCUT2D eigenvalue weighted by Crippen LogP contribution is -2.10. The first-order chi connectivity index (χ1) is 30.7. The molecule has 0 amide bonds. The molecule has 0 spiro atoms. The Morgan fingerprint density at radius 3 is 1.13 bits per heavy atom. The Bertz CT molecular complexity index is 3620. The predicted octanol–water partition coefficient (Wildman–Crippen LogP) is 17.0. The lowest BCUT2D eigenvalue weighted by Gasteiger charge is -2.27. The van der Waals surface area contributed by atoms with Crippen LogP contribution in [0.4, 0.5) is 34.1 Å². The molecule has 4 nitrogen and oxygen atoms in total. The van der Waals surface area contributed by atoms with Crippen molar-refractivity contribution in [3.05, 3.63) is 218 Å². The van der Waals surface area contributed by atoms with Crippen LogP contribution in [-0.2, 0) is 0 Å². The molecule has 0 aliphatic rings. The molecule has 2 heterocycles. The van der Waals surface area contributed by atoms with Crippen LogP contribution in [0.1, 0.15) is 0 Å². The SMILES string of the molecule is c1ccc(N(c2ccc3c(ccc4c3oc3ccc5oc6c7ccc(N(c8ccccc8)c8cccc9ccccc89)cc7ccc6c5c34)c2)c2cccc3ccccc23)cc1. The number of hydrogen-bond acceptors (Lipinski definition) is 4. The van der Waals surface area contributed by atoms with Crippen LogP contribution in [0.2, 0.25) is 0 Å². The molecule has 0 aliphatic heterocycles. The fourth-order valence-corrected chi connectivity index (χ4v) is 9.77. The lowest BCUT2D eigenvalue weighted by molar-refractivity contribution is 0.666. The Kier molecular flexibility index (Phi) is 7.57. The van der Waals surface area contributed by atoms with Crippen LogP contribution in [0.25, 0.3) is 87.0 Å². The van der Waals surface area contributed by atoms with Gasteiger partial charge in [-0.25, -0.2) is 0 Å². The Morgan fingerprint density at radius 2 is 0.661 bits per heavy atom. The molecule has 290 valence electrons. The van der Waals surface area contributed by atoms with Crippen LogP contribution in [0.15, 0.2) is 227 Å². The fourth-order valence-electron chi connectivity index (χ4n) is 9.77. The number of hydrogen-bond donors (Lipinski definition) is 0. The monoisotopic (exact) mass is 792 g/mol. The molecule has 13 rings (SSSR count). The van der Waals surface area contributed by atoms with E-state index >= 15 is 0 Å². The summed E-state index contributed by atoms with van der Waals surface area (Å²) in [7, 11) is 0. The minimum Gasteiger partial charge on any atom is -0.455 e. The number of para-hydroxylation sites is 2. The number of rotatable bonds is 6. The van der Waals surface area contributed by atoms with E-state index in [2.05, 4.69) is 228 Å². The number of benzene rings is 11.